The van der Waals surface area contributed by atoms with Crippen LogP contribution in [0.3, 0.4) is 0 Å². The Labute approximate surface area is 187 Å². The van der Waals surface area contributed by atoms with Crippen molar-refractivity contribution >= 4 is 41.1 Å². The van der Waals surface area contributed by atoms with Gasteiger partial charge in [-0.2, -0.15) is 0 Å². The lowest BCUT2D eigenvalue weighted by Gasteiger charge is -2.06. The van der Waals surface area contributed by atoms with Crippen LogP contribution >= 0.6 is 23.2 Å². The van der Waals surface area contributed by atoms with Gasteiger partial charge in [-0.1, -0.05) is 80.4 Å². The summed E-state index contributed by atoms with van der Waals surface area (Å²) in [6.45, 7) is 2.94. The number of benzene rings is 2. The molecule has 0 atom stereocenters. The molecule has 0 radical (unpaired) electrons. The molecule has 4 nitrogen and oxygen atoms in total. The molecule has 158 valence electrons. The zero-order valence-corrected chi connectivity index (χ0v) is 18.5. The fourth-order valence-corrected chi connectivity index (χ4v) is 3.47. The second-order valence-electron chi connectivity index (χ2n) is 7.12. The van der Waals surface area contributed by atoms with E-state index < -0.39 is 5.97 Å². The summed E-state index contributed by atoms with van der Waals surface area (Å²) in [6, 6.07) is 12.7. The SMILES string of the molecule is CCCCCCCCOc1ccc(C=C2N=C(c3cccc(Cl)c3Cl)OC2=O)cc1. The number of hydrogen-bond acceptors (Lipinski definition) is 4. The fraction of sp³-hybridized carbons (Fsp3) is 0.333. The minimum absolute atomic E-state index is 0.151. The second-order valence-corrected chi connectivity index (χ2v) is 7.91. The van der Waals surface area contributed by atoms with Gasteiger partial charge >= 0.3 is 5.97 Å². The van der Waals surface area contributed by atoms with Crippen molar-refractivity contribution in [1.82, 2.24) is 0 Å². The largest absolute Gasteiger partial charge is 0.494 e. The van der Waals surface area contributed by atoms with Crippen molar-refractivity contribution < 1.29 is 14.3 Å². The fourth-order valence-electron chi connectivity index (χ4n) is 3.08. The summed E-state index contributed by atoms with van der Waals surface area (Å²) < 4.78 is 11.1. The average molecular weight is 446 g/mol. The molecule has 0 unspecified atom stereocenters. The van der Waals surface area contributed by atoms with Gasteiger partial charge in [-0.05, 0) is 42.3 Å². The van der Waals surface area contributed by atoms with E-state index in [1.807, 2.05) is 24.3 Å². The summed E-state index contributed by atoms with van der Waals surface area (Å²) >= 11 is 12.2. The van der Waals surface area contributed by atoms with Crippen molar-refractivity contribution in [1.29, 1.82) is 0 Å². The minimum Gasteiger partial charge on any atom is -0.494 e. The number of hydrogen-bond donors (Lipinski definition) is 0. The Bertz CT molecular complexity index is 936. The molecule has 0 amide bonds. The van der Waals surface area contributed by atoms with Gasteiger partial charge in [-0.25, -0.2) is 9.79 Å². The highest BCUT2D eigenvalue weighted by Crippen LogP contribution is 2.29. The first kappa shape index (κ1) is 22.4. The number of ether oxygens (including phenoxy) is 2. The van der Waals surface area contributed by atoms with Crippen LogP contribution in [-0.2, 0) is 9.53 Å². The van der Waals surface area contributed by atoms with Gasteiger partial charge in [-0.15, -0.1) is 0 Å². The smallest absolute Gasteiger partial charge is 0.363 e. The molecular formula is C24H25Cl2NO3. The van der Waals surface area contributed by atoms with Crippen LogP contribution in [-0.4, -0.2) is 18.5 Å². The Hall–Kier alpha value is -2.30. The lowest BCUT2D eigenvalue weighted by atomic mass is 10.1. The topological polar surface area (TPSA) is 47.9 Å². The molecule has 0 bridgehead atoms. The molecular weight excluding hydrogens is 421 g/mol. The van der Waals surface area contributed by atoms with Crippen LogP contribution in [0, 0.1) is 0 Å². The first-order valence-electron chi connectivity index (χ1n) is 10.3. The highest BCUT2D eigenvalue weighted by Gasteiger charge is 2.26. The monoisotopic (exact) mass is 445 g/mol. The summed E-state index contributed by atoms with van der Waals surface area (Å²) in [5.41, 5.74) is 1.53. The highest BCUT2D eigenvalue weighted by atomic mass is 35.5. The zero-order valence-electron chi connectivity index (χ0n) is 17.0. The van der Waals surface area contributed by atoms with Gasteiger partial charge in [0.25, 0.3) is 0 Å². The third kappa shape index (κ3) is 6.10. The van der Waals surface area contributed by atoms with Crippen LogP contribution in [0.2, 0.25) is 10.0 Å². The van der Waals surface area contributed by atoms with Gasteiger partial charge in [0, 0.05) is 0 Å². The van der Waals surface area contributed by atoms with Crippen molar-refractivity contribution in [2.45, 2.75) is 45.4 Å². The minimum atomic E-state index is -0.524. The van der Waals surface area contributed by atoms with Gasteiger partial charge < -0.3 is 9.47 Å². The Morgan fingerprint density at radius 2 is 1.73 bits per heavy atom. The molecule has 0 aliphatic carbocycles. The lowest BCUT2D eigenvalue weighted by molar-refractivity contribution is -0.129. The van der Waals surface area contributed by atoms with Crippen molar-refractivity contribution in [3.05, 3.63) is 69.3 Å². The molecule has 0 saturated carbocycles. The molecule has 2 aromatic carbocycles. The predicted octanol–water partition coefficient (Wildman–Crippen LogP) is 7.08. The van der Waals surface area contributed by atoms with Crippen LogP contribution in [0.5, 0.6) is 5.75 Å². The summed E-state index contributed by atoms with van der Waals surface area (Å²) in [4.78, 5) is 16.5. The van der Waals surface area contributed by atoms with Gasteiger partial charge in [0.1, 0.15) is 5.75 Å². The second kappa shape index (κ2) is 11.2. The summed E-state index contributed by atoms with van der Waals surface area (Å²) in [5.74, 6) is 0.441. The average Bonchev–Trinajstić information content (AvgIpc) is 3.10. The van der Waals surface area contributed by atoms with Crippen LogP contribution in [0.25, 0.3) is 6.08 Å². The van der Waals surface area contributed by atoms with E-state index in [0.29, 0.717) is 22.2 Å². The first-order chi connectivity index (χ1) is 14.6. The van der Waals surface area contributed by atoms with Gasteiger partial charge in [0.15, 0.2) is 5.70 Å². The standard InChI is InChI=1S/C24H25Cl2NO3/c1-2-3-4-5-6-7-15-29-18-13-11-17(12-14-18)16-21-24(28)30-23(27-21)19-9-8-10-20(25)22(19)26/h8-14,16H,2-7,15H2,1H3. The number of aliphatic imine (C=N–C) groups is 1. The summed E-state index contributed by atoms with van der Waals surface area (Å²) in [5, 5.41) is 0.681. The Balaban J connectivity index is 1.58. The number of halogens is 2. The van der Waals surface area contributed by atoms with Gasteiger partial charge in [-0.3, -0.25) is 0 Å². The maximum Gasteiger partial charge on any atom is 0.363 e. The van der Waals surface area contributed by atoms with Crippen molar-refractivity contribution in [2.24, 2.45) is 4.99 Å². The van der Waals surface area contributed by atoms with Crippen molar-refractivity contribution in [2.75, 3.05) is 6.61 Å². The van der Waals surface area contributed by atoms with Crippen LogP contribution < -0.4 is 4.74 Å². The molecule has 1 aliphatic heterocycles. The molecule has 3 rings (SSSR count). The number of carbonyl (C=O) groups excluding carboxylic acids is 1. The maximum atomic E-state index is 12.2. The molecule has 1 heterocycles. The molecule has 0 aromatic heterocycles. The number of esters is 1. The first-order valence-corrected chi connectivity index (χ1v) is 11.0. The third-order valence-corrected chi connectivity index (χ3v) is 5.57. The Morgan fingerprint density at radius 1 is 1.00 bits per heavy atom. The maximum absolute atomic E-state index is 12.2. The zero-order chi connectivity index (χ0) is 21.3. The molecule has 1 aliphatic rings. The van der Waals surface area contributed by atoms with Crippen molar-refractivity contribution in [3.63, 3.8) is 0 Å². The quantitative estimate of drug-likeness (QED) is 0.223. The van der Waals surface area contributed by atoms with E-state index in [1.165, 1.54) is 32.1 Å². The van der Waals surface area contributed by atoms with E-state index in [0.717, 1.165) is 17.7 Å². The molecule has 0 saturated heterocycles. The van der Waals surface area contributed by atoms with E-state index >= 15 is 0 Å². The molecule has 2 aromatic rings. The van der Waals surface area contributed by atoms with Crippen LogP contribution in [0.4, 0.5) is 0 Å². The van der Waals surface area contributed by atoms with E-state index in [1.54, 1.807) is 24.3 Å². The van der Waals surface area contributed by atoms with E-state index in [4.69, 9.17) is 32.7 Å². The summed E-state index contributed by atoms with van der Waals surface area (Å²) in [7, 11) is 0. The van der Waals surface area contributed by atoms with Crippen LogP contribution in [0.1, 0.15) is 56.6 Å². The van der Waals surface area contributed by atoms with E-state index in [2.05, 4.69) is 11.9 Å². The number of carbonyl (C=O) groups is 1. The number of unbranched alkanes of at least 4 members (excludes halogenated alkanes) is 5. The lowest BCUT2D eigenvalue weighted by Crippen LogP contribution is -2.06. The van der Waals surface area contributed by atoms with Gasteiger partial charge in [0.2, 0.25) is 5.90 Å². The third-order valence-electron chi connectivity index (χ3n) is 4.75. The van der Waals surface area contributed by atoms with Crippen LogP contribution in [0.15, 0.2) is 53.2 Å². The number of cyclic esters (lactones) is 1. The number of rotatable bonds is 10. The highest BCUT2D eigenvalue weighted by molar-refractivity contribution is 6.44. The van der Waals surface area contributed by atoms with Crippen molar-refractivity contribution in [3.8, 4) is 5.75 Å². The van der Waals surface area contributed by atoms with E-state index in [9.17, 15) is 4.79 Å². The molecule has 0 N–H and O–H groups in total. The molecule has 6 heteroatoms. The molecule has 0 spiro atoms. The summed E-state index contributed by atoms with van der Waals surface area (Å²) in [6.07, 6.45) is 9.07. The molecule has 30 heavy (non-hydrogen) atoms. The van der Waals surface area contributed by atoms with Gasteiger partial charge in [0.05, 0.1) is 22.2 Å². The Kier molecular flexibility index (Phi) is 8.35. The normalized spacial score (nSPS) is 14.7. The number of nitrogens with zero attached hydrogens (tertiary/aromatic N) is 1. The molecule has 0 fully saturated rings. The Morgan fingerprint density at radius 3 is 2.50 bits per heavy atom. The predicted molar refractivity (Wildman–Crippen MR) is 122 cm³/mol. The van der Waals surface area contributed by atoms with E-state index in [-0.39, 0.29) is 11.6 Å².